The van der Waals surface area contributed by atoms with E-state index in [9.17, 15) is 13.2 Å². The molecule has 110 valence electrons. The van der Waals surface area contributed by atoms with Gasteiger partial charge >= 0.3 is 0 Å². The van der Waals surface area contributed by atoms with Gasteiger partial charge in [0.05, 0.1) is 5.69 Å². The Morgan fingerprint density at radius 3 is 2.48 bits per heavy atom. The fraction of sp³-hybridized carbons (Fsp3) is 0.0769. The van der Waals surface area contributed by atoms with Crippen LogP contribution in [0.2, 0.25) is 0 Å². The number of benzene rings is 1. The number of rotatable bonds is 4. The molecule has 0 aliphatic rings. The van der Waals surface area contributed by atoms with E-state index >= 15 is 0 Å². The van der Waals surface area contributed by atoms with Crippen LogP contribution in [-0.2, 0) is 10.0 Å². The molecule has 0 unspecified atom stereocenters. The lowest BCUT2D eigenvalue weighted by molar-refractivity contribution is 0.1000. The summed E-state index contributed by atoms with van der Waals surface area (Å²) in [5, 5.41) is 0. The van der Waals surface area contributed by atoms with Gasteiger partial charge in [-0.3, -0.25) is 9.10 Å². The molecular formula is C13H14N4O3S. The molecule has 2 aromatic rings. The van der Waals surface area contributed by atoms with E-state index in [1.165, 1.54) is 31.4 Å². The summed E-state index contributed by atoms with van der Waals surface area (Å²) in [5.74, 6) is -0.417. The van der Waals surface area contributed by atoms with Crippen molar-refractivity contribution < 1.29 is 13.2 Å². The Kier molecular flexibility index (Phi) is 3.81. The summed E-state index contributed by atoms with van der Waals surface area (Å²) < 4.78 is 26.1. The summed E-state index contributed by atoms with van der Waals surface area (Å²) in [6, 6.07) is 8.73. The van der Waals surface area contributed by atoms with Gasteiger partial charge in [0, 0.05) is 18.8 Å². The molecular weight excluding hydrogens is 292 g/mol. The highest BCUT2D eigenvalue weighted by Crippen LogP contribution is 2.25. The normalized spacial score (nSPS) is 11.1. The topological polar surface area (TPSA) is 119 Å². The first kappa shape index (κ1) is 14.8. The summed E-state index contributed by atoms with van der Waals surface area (Å²) >= 11 is 0. The fourth-order valence-electron chi connectivity index (χ4n) is 1.75. The average molecular weight is 306 g/mol. The van der Waals surface area contributed by atoms with Crippen LogP contribution in [0.25, 0.3) is 0 Å². The Labute approximate surface area is 122 Å². The number of nitrogens with two attached hydrogens (primary N) is 2. The summed E-state index contributed by atoms with van der Waals surface area (Å²) in [6.07, 6.45) is 1.49. The molecule has 1 amide bonds. The maximum Gasteiger partial charge on any atom is 0.267 e. The molecule has 0 fully saturated rings. The standard InChI is InChI=1S/C13H14N4O3S/c1-17(12-4-2-3-7-16-12)21(19,20)11-6-5-9(13(15)18)8-10(11)14/h2-8H,14H2,1H3,(H2,15,18). The van der Waals surface area contributed by atoms with Crippen LogP contribution in [0.1, 0.15) is 10.4 Å². The van der Waals surface area contributed by atoms with Crippen LogP contribution in [0.15, 0.2) is 47.5 Å². The first-order chi connectivity index (χ1) is 9.84. The van der Waals surface area contributed by atoms with Crippen LogP contribution in [0, 0.1) is 0 Å². The van der Waals surface area contributed by atoms with Gasteiger partial charge in [-0.15, -0.1) is 0 Å². The van der Waals surface area contributed by atoms with Crippen molar-refractivity contribution >= 4 is 27.4 Å². The van der Waals surface area contributed by atoms with Crippen molar-refractivity contribution in [3.63, 3.8) is 0 Å². The van der Waals surface area contributed by atoms with Crippen molar-refractivity contribution in [1.29, 1.82) is 0 Å². The zero-order chi connectivity index (χ0) is 15.6. The Hall–Kier alpha value is -2.61. The number of carbonyl (C=O) groups excluding carboxylic acids is 1. The third-order valence-corrected chi connectivity index (χ3v) is 4.74. The van der Waals surface area contributed by atoms with Crippen molar-refractivity contribution in [1.82, 2.24) is 4.98 Å². The molecule has 21 heavy (non-hydrogen) atoms. The Balaban J connectivity index is 2.47. The van der Waals surface area contributed by atoms with Crippen LogP contribution in [0.3, 0.4) is 0 Å². The molecule has 0 atom stereocenters. The number of hydrogen-bond acceptors (Lipinski definition) is 5. The van der Waals surface area contributed by atoms with Crippen molar-refractivity contribution in [2.45, 2.75) is 4.90 Å². The van der Waals surface area contributed by atoms with E-state index < -0.39 is 15.9 Å². The van der Waals surface area contributed by atoms with Gasteiger partial charge in [0.15, 0.2) is 0 Å². The molecule has 4 N–H and O–H groups in total. The van der Waals surface area contributed by atoms with Gasteiger partial charge in [0.1, 0.15) is 10.7 Å². The maximum absolute atomic E-state index is 12.5. The Bertz CT molecular complexity index is 775. The van der Waals surface area contributed by atoms with Crippen molar-refractivity contribution in [3.8, 4) is 0 Å². The monoisotopic (exact) mass is 306 g/mol. The molecule has 1 aromatic carbocycles. The van der Waals surface area contributed by atoms with Gasteiger partial charge in [-0.1, -0.05) is 6.07 Å². The minimum absolute atomic E-state index is 0.0471. The first-order valence-electron chi connectivity index (χ1n) is 5.93. The molecule has 0 radical (unpaired) electrons. The molecule has 0 aliphatic heterocycles. The predicted molar refractivity (Wildman–Crippen MR) is 79.2 cm³/mol. The number of nitrogens with zero attached hydrogens (tertiary/aromatic N) is 2. The zero-order valence-electron chi connectivity index (χ0n) is 11.2. The van der Waals surface area contributed by atoms with Gasteiger partial charge < -0.3 is 11.5 Å². The van der Waals surface area contributed by atoms with E-state index in [4.69, 9.17) is 11.5 Å². The number of nitrogen functional groups attached to an aromatic ring is 1. The van der Waals surface area contributed by atoms with Crippen LogP contribution >= 0.6 is 0 Å². The van der Waals surface area contributed by atoms with Crippen LogP contribution in [0.4, 0.5) is 11.5 Å². The van der Waals surface area contributed by atoms with E-state index in [2.05, 4.69) is 4.98 Å². The van der Waals surface area contributed by atoms with Crippen molar-refractivity contribution in [3.05, 3.63) is 48.2 Å². The van der Waals surface area contributed by atoms with Gasteiger partial charge in [-0.25, -0.2) is 13.4 Å². The summed E-state index contributed by atoms with van der Waals surface area (Å²) in [7, 11) is -2.50. The van der Waals surface area contributed by atoms with E-state index in [1.54, 1.807) is 18.2 Å². The Morgan fingerprint density at radius 2 is 1.95 bits per heavy atom. The highest BCUT2D eigenvalue weighted by molar-refractivity contribution is 7.93. The average Bonchev–Trinajstić information content (AvgIpc) is 2.46. The minimum Gasteiger partial charge on any atom is -0.398 e. The molecule has 2 rings (SSSR count). The summed E-state index contributed by atoms with van der Waals surface area (Å²) in [4.78, 5) is 14.9. The van der Waals surface area contributed by atoms with Crippen LogP contribution < -0.4 is 15.8 Å². The van der Waals surface area contributed by atoms with Gasteiger partial charge in [0.25, 0.3) is 10.0 Å². The molecule has 8 heteroatoms. The highest BCUT2D eigenvalue weighted by atomic mass is 32.2. The van der Waals surface area contributed by atoms with Gasteiger partial charge in [-0.05, 0) is 30.3 Å². The fourth-order valence-corrected chi connectivity index (χ4v) is 2.99. The smallest absolute Gasteiger partial charge is 0.267 e. The van der Waals surface area contributed by atoms with E-state index in [0.717, 1.165) is 4.31 Å². The number of carbonyl (C=O) groups is 1. The largest absolute Gasteiger partial charge is 0.398 e. The maximum atomic E-state index is 12.5. The molecule has 0 saturated carbocycles. The number of pyridine rings is 1. The van der Waals surface area contributed by atoms with Crippen molar-refractivity contribution in [2.24, 2.45) is 5.73 Å². The second-order valence-electron chi connectivity index (χ2n) is 4.28. The minimum atomic E-state index is -3.87. The number of amides is 1. The lowest BCUT2D eigenvalue weighted by Crippen LogP contribution is -2.28. The number of sulfonamides is 1. The van der Waals surface area contributed by atoms with Crippen LogP contribution in [0.5, 0.6) is 0 Å². The second-order valence-corrected chi connectivity index (χ2v) is 6.22. The molecule has 0 saturated heterocycles. The quantitative estimate of drug-likeness (QED) is 0.801. The third-order valence-electron chi connectivity index (χ3n) is 2.90. The summed E-state index contributed by atoms with van der Waals surface area (Å²) in [6.45, 7) is 0. The molecule has 1 heterocycles. The second kappa shape index (κ2) is 5.41. The van der Waals surface area contributed by atoms with Crippen molar-refractivity contribution in [2.75, 3.05) is 17.1 Å². The van der Waals surface area contributed by atoms with Crippen LogP contribution in [-0.4, -0.2) is 26.4 Å². The lowest BCUT2D eigenvalue weighted by atomic mass is 10.2. The number of hydrogen-bond donors (Lipinski definition) is 2. The van der Waals surface area contributed by atoms with Gasteiger partial charge in [0.2, 0.25) is 5.91 Å². The SMILES string of the molecule is CN(c1ccccn1)S(=O)(=O)c1ccc(C(N)=O)cc1N. The van der Waals surface area contributed by atoms with E-state index in [-0.39, 0.29) is 22.0 Å². The number of aromatic nitrogens is 1. The molecule has 0 bridgehead atoms. The predicted octanol–water partition coefficient (Wildman–Crippen LogP) is 0.588. The van der Waals surface area contributed by atoms with Gasteiger partial charge in [-0.2, -0.15) is 0 Å². The zero-order valence-corrected chi connectivity index (χ0v) is 12.0. The van der Waals surface area contributed by atoms with E-state index in [1.807, 2.05) is 0 Å². The highest BCUT2D eigenvalue weighted by Gasteiger charge is 2.24. The summed E-state index contributed by atoms with van der Waals surface area (Å²) in [5.41, 5.74) is 11.0. The number of anilines is 2. The first-order valence-corrected chi connectivity index (χ1v) is 7.37. The molecule has 7 nitrogen and oxygen atoms in total. The lowest BCUT2D eigenvalue weighted by Gasteiger charge is -2.19. The number of primary amides is 1. The third kappa shape index (κ3) is 2.79. The Morgan fingerprint density at radius 1 is 1.24 bits per heavy atom. The molecule has 1 aromatic heterocycles. The van der Waals surface area contributed by atoms with E-state index in [0.29, 0.717) is 0 Å². The molecule has 0 aliphatic carbocycles. The molecule has 0 spiro atoms.